The minimum Gasteiger partial charge on any atom is -0.481 e. The Kier molecular flexibility index (Phi) is 10.3. The fourth-order valence-electron chi connectivity index (χ4n) is 5.16. The summed E-state index contributed by atoms with van der Waals surface area (Å²) in [4.78, 5) is 35.7. The van der Waals surface area contributed by atoms with Gasteiger partial charge in [-0.1, -0.05) is 12.1 Å². The number of aromatic amines is 1. The Morgan fingerprint density at radius 3 is 2.51 bits per heavy atom. The van der Waals surface area contributed by atoms with Crippen molar-refractivity contribution in [3.8, 4) is 11.4 Å². The van der Waals surface area contributed by atoms with Gasteiger partial charge in [-0.25, -0.2) is 18.4 Å². The van der Waals surface area contributed by atoms with Crippen LogP contribution >= 0.6 is 11.3 Å². The van der Waals surface area contributed by atoms with Crippen molar-refractivity contribution in [3.05, 3.63) is 35.3 Å². The molecule has 4 aromatic rings. The molecule has 0 saturated carbocycles. The molecule has 2 saturated heterocycles. The van der Waals surface area contributed by atoms with Gasteiger partial charge < -0.3 is 25.6 Å². The van der Waals surface area contributed by atoms with Crippen LogP contribution in [0, 0.1) is 0 Å². The number of sulfonamides is 1. The summed E-state index contributed by atoms with van der Waals surface area (Å²) in [5.74, 6) is -0.554. The first kappa shape index (κ1) is 32.6. The predicted molar refractivity (Wildman–Crippen MR) is 170 cm³/mol. The SMILES string of the molecule is CS(=O)(=O)N1CCN(Cc2cc3nc(-c4cccc5[nH]ncc45)nc(N4CCOCC4)c3s2)CC1.N[C@@H](CCC(=O)O)C(=O)O. The first-order chi connectivity index (χ1) is 21.5. The topological polar surface area (TPSA) is 208 Å². The number of H-pyrrole nitrogens is 1. The lowest BCUT2D eigenvalue weighted by Gasteiger charge is -2.32. The Labute approximate surface area is 263 Å². The van der Waals surface area contributed by atoms with Crippen LogP contribution < -0.4 is 10.6 Å². The highest BCUT2D eigenvalue weighted by molar-refractivity contribution is 7.88. The number of carboxylic acid groups (broad SMARTS) is 2. The first-order valence-corrected chi connectivity index (χ1v) is 17.1. The number of hydrogen-bond acceptors (Lipinski definition) is 12. The predicted octanol–water partition coefficient (Wildman–Crippen LogP) is 1.41. The molecule has 15 nitrogen and oxygen atoms in total. The largest absolute Gasteiger partial charge is 0.481 e. The van der Waals surface area contributed by atoms with Gasteiger partial charge in [-0.15, -0.1) is 11.3 Å². The number of aliphatic carboxylic acids is 2. The lowest BCUT2D eigenvalue weighted by atomic mass is 10.1. The highest BCUT2D eigenvalue weighted by Crippen LogP contribution is 2.36. The number of nitrogens with zero attached hydrogens (tertiary/aromatic N) is 6. The lowest BCUT2D eigenvalue weighted by molar-refractivity contribution is -0.139. The third kappa shape index (κ3) is 8.11. The van der Waals surface area contributed by atoms with Gasteiger partial charge in [-0.3, -0.25) is 19.6 Å². The number of morpholine rings is 1. The highest BCUT2D eigenvalue weighted by Gasteiger charge is 2.25. The quantitative estimate of drug-likeness (QED) is 0.200. The van der Waals surface area contributed by atoms with Crippen LogP contribution in [0.5, 0.6) is 0 Å². The van der Waals surface area contributed by atoms with Crippen molar-refractivity contribution < 1.29 is 33.0 Å². The van der Waals surface area contributed by atoms with Crippen LogP contribution in [0.15, 0.2) is 30.5 Å². The number of ether oxygens (including phenoxy) is 1. The second-order valence-corrected chi connectivity index (χ2v) is 14.0. The Bertz CT molecular complexity index is 1760. The number of nitrogens with two attached hydrogens (primary N) is 1. The maximum Gasteiger partial charge on any atom is 0.320 e. The van der Waals surface area contributed by atoms with Gasteiger partial charge in [0.25, 0.3) is 0 Å². The van der Waals surface area contributed by atoms with E-state index in [1.165, 1.54) is 11.1 Å². The number of carboxylic acids is 2. The zero-order valence-corrected chi connectivity index (χ0v) is 26.4. The van der Waals surface area contributed by atoms with Crippen molar-refractivity contribution >= 4 is 60.2 Å². The minimum atomic E-state index is -3.13. The summed E-state index contributed by atoms with van der Waals surface area (Å²) in [7, 11) is -3.13. The number of hydrogen-bond donors (Lipinski definition) is 4. The smallest absolute Gasteiger partial charge is 0.320 e. The van der Waals surface area contributed by atoms with E-state index in [1.807, 2.05) is 24.4 Å². The van der Waals surface area contributed by atoms with E-state index in [-0.39, 0.29) is 12.8 Å². The number of fused-ring (bicyclic) bond motifs is 2. The van der Waals surface area contributed by atoms with Gasteiger partial charge in [0.1, 0.15) is 6.04 Å². The van der Waals surface area contributed by atoms with Crippen LogP contribution in [0.4, 0.5) is 5.82 Å². The van der Waals surface area contributed by atoms with Gasteiger partial charge in [-0.2, -0.15) is 9.40 Å². The maximum atomic E-state index is 11.8. The molecular formula is C28H36N8O7S2. The molecule has 1 aromatic carbocycles. The van der Waals surface area contributed by atoms with Crippen LogP contribution in [0.1, 0.15) is 17.7 Å². The monoisotopic (exact) mass is 660 g/mol. The summed E-state index contributed by atoms with van der Waals surface area (Å²) in [6, 6.07) is 7.13. The second kappa shape index (κ2) is 14.1. The molecule has 1 atom stereocenters. The molecular weight excluding hydrogens is 624 g/mol. The van der Waals surface area contributed by atoms with Crippen molar-refractivity contribution in [2.24, 2.45) is 5.73 Å². The van der Waals surface area contributed by atoms with Gasteiger partial charge >= 0.3 is 11.9 Å². The molecule has 0 amide bonds. The summed E-state index contributed by atoms with van der Waals surface area (Å²) in [5.41, 5.74) is 7.85. The van der Waals surface area contributed by atoms with E-state index in [4.69, 9.17) is 30.7 Å². The molecule has 17 heteroatoms. The van der Waals surface area contributed by atoms with Gasteiger partial charge in [0.05, 0.1) is 41.4 Å². The summed E-state index contributed by atoms with van der Waals surface area (Å²) < 4.78 is 31.9. The Hall–Kier alpha value is -3.74. The average Bonchev–Trinajstić information content (AvgIpc) is 3.66. The van der Waals surface area contributed by atoms with E-state index < -0.39 is 28.0 Å². The molecule has 0 bridgehead atoms. The molecule has 3 aromatic heterocycles. The molecule has 0 radical (unpaired) electrons. The van der Waals surface area contributed by atoms with Gasteiger partial charge in [0, 0.05) is 68.1 Å². The zero-order chi connectivity index (χ0) is 32.1. The van der Waals surface area contributed by atoms with Gasteiger partial charge in [0.2, 0.25) is 10.0 Å². The van der Waals surface area contributed by atoms with Crippen molar-refractivity contribution in [2.45, 2.75) is 25.4 Å². The standard InChI is InChI=1S/C23H27N7O3S2.C5H9NO4/c1-35(31,32)30-7-5-28(6-8-30)15-16-13-20-21(34-16)23(29-9-11-33-12-10-29)26-22(25-20)17-3-2-4-19-18(17)14-24-27-19;6-3(5(9)10)1-2-4(7)8/h2-4,13-14H,5-12,15H2,1H3,(H,24,27);3H,1-2,6H2,(H,7,8)(H,9,10)/t;3-/m.0/s1. The van der Waals surface area contributed by atoms with Crippen LogP contribution in [-0.2, 0) is 30.9 Å². The van der Waals surface area contributed by atoms with E-state index >= 15 is 0 Å². The van der Waals surface area contributed by atoms with E-state index in [0.29, 0.717) is 32.1 Å². The number of aromatic nitrogens is 4. The fraction of sp³-hybridized carbons (Fsp3) is 0.464. The van der Waals surface area contributed by atoms with Crippen LogP contribution in [0.3, 0.4) is 0 Å². The molecule has 0 spiro atoms. The Balaban J connectivity index is 0.000000348. The maximum absolute atomic E-state index is 11.8. The van der Waals surface area contributed by atoms with E-state index in [9.17, 15) is 18.0 Å². The average molecular weight is 661 g/mol. The van der Waals surface area contributed by atoms with Crippen LogP contribution in [-0.4, -0.2) is 125 Å². The van der Waals surface area contributed by atoms with Crippen LogP contribution in [0.2, 0.25) is 0 Å². The number of anilines is 1. The van der Waals surface area contributed by atoms with Gasteiger partial charge in [0.15, 0.2) is 11.6 Å². The number of rotatable bonds is 9. The molecule has 2 fully saturated rings. The molecule has 242 valence electrons. The molecule has 45 heavy (non-hydrogen) atoms. The number of piperazine rings is 1. The summed E-state index contributed by atoms with van der Waals surface area (Å²) in [6.07, 6.45) is 2.88. The van der Waals surface area contributed by atoms with E-state index in [2.05, 4.69) is 26.1 Å². The molecule has 2 aliphatic heterocycles. The van der Waals surface area contributed by atoms with Crippen molar-refractivity contribution in [1.29, 1.82) is 0 Å². The molecule has 0 unspecified atom stereocenters. The Morgan fingerprint density at radius 1 is 1.11 bits per heavy atom. The third-order valence-electron chi connectivity index (χ3n) is 7.61. The van der Waals surface area contributed by atoms with E-state index in [0.717, 1.165) is 65.2 Å². The first-order valence-electron chi connectivity index (χ1n) is 14.4. The molecule has 5 N–H and O–H groups in total. The molecule has 6 rings (SSSR count). The normalized spacial score (nSPS) is 17.2. The number of nitrogens with one attached hydrogen (secondary N) is 1. The van der Waals surface area contributed by atoms with Crippen LogP contribution in [0.25, 0.3) is 32.5 Å². The van der Waals surface area contributed by atoms with E-state index in [1.54, 1.807) is 15.6 Å². The lowest BCUT2D eigenvalue weighted by Crippen LogP contribution is -2.47. The number of carbonyl (C=O) groups is 2. The second-order valence-electron chi connectivity index (χ2n) is 10.8. The van der Waals surface area contributed by atoms with Gasteiger partial charge in [-0.05, 0) is 18.6 Å². The molecule has 0 aliphatic carbocycles. The van der Waals surface area contributed by atoms with Crippen molar-refractivity contribution in [2.75, 3.05) is 63.6 Å². The number of benzene rings is 1. The Morgan fingerprint density at radius 2 is 1.84 bits per heavy atom. The summed E-state index contributed by atoms with van der Waals surface area (Å²) in [5, 5.41) is 24.5. The number of thiophene rings is 1. The van der Waals surface area contributed by atoms with Crippen molar-refractivity contribution in [3.63, 3.8) is 0 Å². The third-order valence-corrected chi connectivity index (χ3v) is 10.0. The minimum absolute atomic E-state index is 0.0231. The summed E-state index contributed by atoms with van der Waals surface area (Å²) >= 11 is 1.73. The highest BCUT2D eigenvalue weighted by atomic mass is 32.2. The summed E-state index contributed by atoms with van der Waals surface area (Å²) in [6.45, 7) is 6.22. The zero-order valence-electron chi connectivity index (χ0n) is 24.8. The molecule has 2 aliphatic rings. The van der Waals surface area contributed by atoms with Crippen molar-refractivity contribution in [1.82, 2.24) is 29.4 Å². The fourth-order valence-corrected chi connectivity index (χ4v) is 7.14. The molecule has 5 heterocycles.